The molecule has 0 amide bonds. The highest BCUT2D eigenvalue weighted by Crippen LogP contribution is 2.48. The summed E-state index contributed by atoms with van der Waals surface area (Å²) >= 11 is 0. The fraction of sp³-hybridized carbons (Fsp3) is 0.533. The van der Waals surface area contributed by atoms with Gasteiger partial charge >= 0.3 is 0 Å². The van der Waals surface area contributed by atoms with Crippen molar-refractivity contribution in [1.82, 2.24) is 0 Å². The third-order valence-electron chi connectivity index (χ3n) is 4.73. The number of sulfone groups is 1. The molecule has 0 saturated carbocycles. The Bertz CT molecular complexity index is 682. The summed E-state index contributed by atoms with van der Waals surface area (Å²) in [4.78, 5) is 0. The molecule has 0 radical (unpaired) electrons. The molecular formula is C15H17NO3S. The van der Waals surface area contributed by atoms with E-state index in [1.807, 2.05) is 6.92 Å². The van der Waals surface area contributed by atoms with Crippen molar-refractivity contribution in [3.63, 3.8) is 0 Å². The Balaban J connectivity index is 2.02. The largest absolute Gasteiger partial charge is 0.385 e. The van der Waals surface area contributed by atoms with Crippen LogP contribution < -0.4 is 0 Å². The van der Waals surface area contributed by atoms with Crippen LogP contribution >= 0.6 is 0 Å². The molecule has 2 aliphatic rings. The molecule has 1 N–H and O–H groups in total. The summed E-state index contributed by atoms with van der Waals surface area (Å²) in [5, 5.41) is 19.0. The second-order valence-electron chi connectivity index (χ2n) is 5.99. The van der Waals surface area contributed by atoms with E-state index in [2.05, 4.69) is 6.07 Å². The minimum Gasteiger partial charge on any atom is -0.385 e. The fourth-order valence-corrected chi connectivity index (χ4v) is 6.21. The van der Waals surface area contributed by atoms with Crippen LogP contribution in [0.15, 0.2) is 18.2 Å². The maximum Gasteiger partial charge on any atom is 0.156 e. The number of aryl methyl sites for hydroxylation is 1. The van der Waals surface area contributed by atoms with Gasteiger partial charge in [-0.15, -0.1) is 0 Å². The number of hydrogen-bond donors (Lipinski definition) is 1. The van der Waals surface area contributed by atoms with Crippen molar-refractivity contribution in [2.45, 2.75) is 48.7 Å². The average Bonchev–Trinajstić information content (AvgIpc) is 2.58. The van der Waals surface area contributed by atoms with Crippen LogP contribution in [0, 0.1) is 18.3 Å². The molecule has 106 valence electrons. The van der Waals surface area contributed by atoms with E-state index < -0.39 is 25.9 Å². The predicted molar refractivity (Wildman–Crippen MR) is 74.8 cm³/mol. The maximum absolute atomic E-state index is 12.1. The van der Waals surface area contributed by atoms with E-state index in [0.29, 0.717) is 18.4 Å². The SMILES string of the molecule is Cc1cc(C#N)ccc1C1(O)CC2CCC(C1)S2(=O)=O. The van der Waals surface area contributed by atoms with Gasteiger partial charge in [0.25, 0.3) is 0 Å². The molecule has 4 nitrogen and oxygen atoms in total. The number of fused-ring (bicyclic) bond motifs is 2. The molecule has 2 saturated heterocycles. The molecule has 0 spiro atoms. The first-order chi connectivity index (χ1) is 9.37. The summed E-state index contributed by atoms with van der Waals surface area (Å²) in [5.41, 5.74) is 1.10. The van der Waals surface area contributed by atoms with Gasteiger partial charge in [-0.05, 0) is 55.9 Å². The summed E-state index contributed by atoms with van der Waals surface area (Å²) in [5.74, 6) is 0. The summed E-state index contributed by atoms with van der Waals surface area (Å²) in [6.07, 6.45) is 1.87. The predicted octanol–water partition coefficient (Wildman–Crippen LogP) is 1.79. The molecule has 0 aliphatic carbocycles. The van der Waals surface area contributed by atoms with Crippen LogP contribution in [0.4, 0.5) is 0 Å². The Kier molecular flexibility index (Phi) is 2.93. The van der Waals surface area contributed by atoms with Gasteiger partial charge in [-0.2, -0.15) is 5.26 Å². The Hall–Kier alpha value is -1.38. The van der Waals surface area contributed by atoms with Gasteiger partial charge < -0.3 is 5.11 Å². The standard InChI is InChI=1S/C15H17NO3S/c1-10-6-11(9-16)2-5-14(10)15(17)7-12-3-4-13(8-15)20(12,18)19/h2,5-6,12-13,17H,3-4,7-8H2,1H3. The molecule has 2 aliphatic heterocycles. The second kappa shape index (κ2) is 4.31. The first kappa shape index (κ1) is 13.6. The fourth-order valence-electron chi connectivity index (χ4n) is 3.72. The number of nitriles is 1. The van der Waals surface area contributed by atoms with Gasteiger partial charge in [0.2, 0.25) is 0 Å². The number of nitrogens with zero attached hydrogens (tertiary/aromatic N) is 1. The molecule has 5 heteroatoms. The molecule has 1 aromatic rings. The zero-order valence-corrected chi connectivity index (χ0v) is 12.2. The normalized spacial score (nSPS) is 34.6. The van der Waals surface area contributed by atoms with Gasteiger partial charge in [0.15, 0.2) is 9.84 Å². The van der Waals surface area contributed by atoms with E-state index in [4.69, 9.17) is 5.26 Å². The van der Waals surface area contributed by atoms with Crippen molar-refractivity contribution >= 4 is 9.84 Å². The average molecular weight is 291 g/mol. The lowest BCUT2D eigenvalue weighted by Gasteiger charge is -2.37. The van der Waals surface area contributed by atoms with Crippen LogP contribution in [0.2, 0.25) is 0 Å². The summed E-state index contributed by atoms with van der Waals surface area (Å²) in [6.45, 7) is 1.86. The van der Waals surface area contributed by atoms with E-state index in [1.165, 1.54) is 0 Å². The Labute approximate surface area is 119 Å². The summed E-state index contributed by atoms with van der Waals surface area (Å²) < 4.78 is 24.3. The van der Waals surface area contributed by atoms with E-state index in [-0.39, 0.29) is 12.8 Å². The van der Waals surface area contributed by atoms with Gasteiger partial charge in [-0.25, -0.2) is 8.42 Å². The van der Waals surface area contributed by atoms with Crippen molar-refractivity contribution in [3.05, 3.63) is 34.9 Å². The molecule has 0 aromatic heterocycles. The monoisotopic (exact) mass is 291 g/mol. The van der Waals surface area contributed by atoms with Gasteiger partial charge in [-0.3, -0.25) is 0 Å². The van der Waals surface area contributed by atoms with Crippen LogP contribution in [0.5, 0.6) is 0 Å². The summed E-state index contributed by atoms with van der Waals surface area (Å²) in [6, 6.07) is 7.28. The second-order valence-corrected chi connectivity index (χ2v) is 8.50. The smallest absolute Gasteiger partial charge is 0.156 e. The highest BCUT2D eigenvalue weighted by Gasteiger charge is 2.53. The first-order valence-electron chi connectivity index (χ1n) is 6.83. The van der Waals surface area contributed by atoms with Crippen LogP contribution in [0.1, 0.15) is 42.4 Å². The van der Waals surface area contributed by atoms with Crippen molar-refractivity contribution in [3.8, 4) is 6.07 Å². The zero-order chi connectivity index (χ0) is 14.5. The first-order valence-corrected chi connectivity index (χ1v) is 8.44. The summed E-state index contributed by atoms with van der Waals surface area (Å²) in [7, 11) is -3.05. The van der Waals surface area contributed by atoms with Crippen LogP contribution in [0.25, 0.3) is 0 Å². The van der Waals surface area contributed by atoms with Crippen LogP contribution in [-0.4, -0.2) is 24.0 Å². The van der Waals surface area contributed by atoms with Crippen LogP contribution in [-0.2, 0) is 15.4 Å². The third kappa shape index (κ3) is 1.87. The molecule has 20 heavy (non-hydrogen) atoms. The Morgan fingerprint density at radius 3 is 2.40 bits per heavy atom. The quantitative estimate of drug-likeness (QED) is 0.855. The minimum absolute atomic E-state index is 0.276. The van der Waals surface area contributed by atoms with Crippen molar-refractivity contribution in [2.24, 2.45) is 0 Å². The lowest BCUT2D eigenvalue weighted by molar-refractivity contribution is 0.0167. The van der Waals surface area contributed by atoms with Crippen LogP contribution in [0.3, 0.4) is 0 Å². The van der Waals surface area contributed by atoms with E-state index in [9.17, 15) is 13.5 Å². The lowest BCUT2D eigenvalue weighted by atomic mass is 9.83. The zero-order valence-electron chi connectivity index (χ0n) is 11.3. The van der Waals surface area contributed by atoms with Gasteiger partial charge in [-0.1, -0.05) is 6.07 Å². The van der Waals surface area contributed by atoms with Crippen molar-refractivity contribution < 1.29 is 13.5 Å². The minimum atomic E-state index is -3.05. The molecule has 1 aromatic carbocycles. The lowest BCUT2D eigenvalue weighted by Crippen LogP contribution is -2.43. The maximum atomic E-state index is 12.1. The van der Waals surface area contributed by atoms with Gasteiger partial charge in [0.05, 0.1) is 27.7 Å². The molecule has 3 rings (SSSR count). The topological polar surface area (TPSA) is 78.2 Å². The van der Waals surface area contributed by atoms with E-state index >= 15 is 0 Å². The Morgan fingerprint density at radius 2 is 1.90 bits per heavy atom. The van der Waals surface area contributed by atoms with E-state index in [1.54, 1.807) is 18.2 Å². The molecule has 2 atom stereocenters. The highest BCUT2D eigenvalue weighted by atomic mass is 32.2. The highest BCUT2D eigenvalue weighted by molar-refractivity contribution is 7.93. The molecular weight excluding hydrogens is 274 g/mol. The third-order valence-corrected chi connectivity index (χ3v) is 7.39. The number of aliphatic hydroxyl groups is 1. The Morgan fingerprint density at radius 1 is 1.30 bits per heavy atom. The molecule has 2 unspecified atom stereocenters. The number of rotatable bonds is 1. The van der Waals surface area contributed by atoms with Gasteiger partial charge in [0.1, 0.15) is 0 Å². The van der Waals surface area contributed by atoms with E-state index in [0.717, 1.165) is 11.1 Å². The van der Waals surface area contributed by atoms with Gasteiger partial charge in [0, 0.05) is 0 Å². The van der Waals surface area contributed by atoms with Crippen molar-refractivity contribution in [1.29, 1.82) is 5.26 Å². The number of hydrogen-bond acceptors (Lipinski definition) is 4. The molecule has 2 bridgehead atoms. The molecule has 2 fully saturated rings. The molecule has 2 heterocycles. The number of benzene rings is 1. The van der Waals surface area contributed by atoms with Crippen molar-refractivity contribution in [2.75, 3.05) is 0 Å².